The van der Waals surface area contributed by atoms with Gasteiger partial charge in [0.15, 0.2) is 12.2 Å². The minimum absolute atomic E-state index is 0.0413. The van der Waals surface area contributed by atoms with Crippen LogP contribution in [-0.4, -0.2) is 123 Å². The van der Waals surface area contributed by atoms with E-state index in [2.05, 4.69) is 16.0 Å². The first kappa shape index (κ1) is 40.9. The van der Waals surface area contributed by atoms with E-state index in [1.54, 1.807) is 44.2 Å². The van der Waals surface area contributed by atoms with Gasteiger partial charge in [0.25, 0.3) is 11.8 Å². The molecule has 7 atom stereocenters. The quantitative estimate of drug-likeness (QED) is 0.0692. The fourth-order valence-electron chi connectivity index (χ4n) is 4.53. The van der Waals surface area contributed by atoms with Crippen molar-refractivity contribution < 1.29 is 67.9 Å². The Hall–Kier alpha value is -5.30. The average molecular weight is 710 g/mol. The van der Waals surface area contributed by atoms with E-state index in [0.29, 0.717) is 12.0 Å². The number of amides is 6. The Kier molecular flexibility index (Phi) is 15.6. The van der Waals surface area contributed by atoms with Gasteiger partial charge in [0, 0.05) is 13.5 Å². The van der Waals surface area contributed by atoms with Crippen molar-refractivity contribution in [2.45, 2.75) is 90.0 Å². The smallest absolute Gasteiger partial charge is 0.433 e. The van der Waals surface area contributed by atoms with E-state index in [1.807, 2.05) is 0 Å². The van der Waals surface area contributed by atoms with Crippen LogP contribution in [-0.2, 0) is 49.6 Å². The van der Waals surface area contributed by atoms with Crippen molar-refractivity contribution in [1.29, 1.82) is 0 Å². The first-order valence-corrected chi connectivity index (χ1v) is 15.7. The summed E-state index contributed by atoms with van der Waals surface area (Å²) in [5, 5.41) is 36.6. The van der Waals surface area contributed by atoms with E-state index in [0.717, 1.165) is 14.0 Å². The van der Waals surface area contributed by atoms with E-state index in [1.165, 1.54) is 6.92 Å². The van der Waals surface area contributed by atoms with E-state index >= 15 is 0 Å². The number of hydrazine groups is 1. The van der Waals surface area contributed by atoms with Gasteiger partial charge in [-0.25, -0.2) is 19.4 Å². The summed E-state index contributed by atoms with van der Waals surface area (Å²) >= 11 is 0. The number of hydrogen-bond donors (Lipinski definition) is 6. The van der Waals surface area contributed by atoms with Crippen molar-refractivity contribution in [3.05, 3.63) is 35.9 Å². The summed E-state index contributed by atoms with van der Waals surface area (Å²) in [6.07, 6.45) is -8.34. The summed E-state index contributed by atoms with van der Waals surface area (Å²) in [6.45, 7) is 5.81. The van der Waals surface area contributed by atoms with Gasteiger partial charge in [-0.1, -0.05) is 50.6 Å². The van der Waals surface area contributed by atoms with Crippen LogP contribution in [0, 0.1) is 5.92 Å². The molecule has 1 heterocycles. The average Bonchev–Trinajstić information content (AvgIpc) is 3.88. The van der Waals surface area contributed by atoms with Crippen LogP contribution in [0.3, 0.4) is 0 Å². The molecule has 0 spiro atoms. The van der Waals surface area contributed by atoms with E-state index in [-0.39, 0.29) is 23.2 Å². The zero-order valence-electron chi connectivity index (χ0n) is 28.2. The molecule has 1 aromatic rings. The topological polar surface area (TPSA) is 271 Å². The molecule has 0 bridgehead atoms. The summed E-state index contributed by atoms with van der Waals surface area (Å²) in [4.78, 5) is 101. The second kappa shape index (κ2) is 19.0. The fourth-order valence-corrected chi connectivity index (χ4v) is 4.53. The predicted molar refractivity (Wildman–Crippen MR) is 168 cm³/mol. The number of carbonyl (C=O) groups is 8. The number of rotatable bonds is 17. The molecular weight excluding hydrogens is 666 g/mol. The molecule has 1 fully saturated rings. The number of likely N-dealkylation sites (N-methyl/N-ethyl adjacent to an activating group) is 1. The molecule has 2 rings (SSSR count). The molecule has 19 heteroatoms. The highest BCUT2D eigenvalue weighted by Crippen LogP contribution is 2.26. The van der Waals surface area contributed by atoms with Gasteiger partial charge in [0.2, 0.25) is 11.8 Å². The highest BCUT2D eigenvalue weighted by Gasteiger charge is 2.55. The molecule has 1 saturated heterocycles. The molecule has 0 radical (unpaired) electrons. The lowest BCUT2D eigenvalue weighted by Crippen LogP contribution is -2.62. The van der Waals surface area contributed by atoms with Crippen molar-refractivity contribution >= 4 is 47.8 Å². The van der Waals surface area contributed by atoms with Gasteiger partial charge in [-0.05, 0) is 31.7 Å². The number of esters is 1. The maximum Gasteiger partial charge on any atom is 0.433 e. The van der Waals surface area contributed by atoms with Crippen molar-refractivity contribution in [2.24, 2.45) is 5.92 Å². The Labute approximate surface area is 287 Å². The van der Waals surface area contributed by atoms with E-state index in [4.69, 9.17) is 14.2 Å². The number of epoxide rings is 1. The molecule has 0 unspecified atom stereocenters. The zero-order valence-corrected chi connectivity index (χ0v) is 28.2. The second-order valence-corrected chi connectivity index (χ2v) is 11.3. The van der Waals surface area contributed by atoms with Gasteiger partial charge in [0.05, 0.1) is 12.7 Å². The summed E-state index contributed by atoms with van der Waals surface area (Å²) < 4.78 is 14.9. The molecule has 0 aromatic heterocycles. The predicted octanol–water partition coefficient (Wildman–Crippen LogP) is -0.247. The first-order chi connectivity index (χ1) is 23.5. The van der Waals surface area contributed by atoms with Crippen LogP contribution in [0.25, 0.3) is 0 Å². The summed E-state index contributed by atoms with van der Waals surface area (Å²) in [7, 11) is 0.848. The molecule has 19 nitrogen and oxygen atoms in total. The van der Waals surface area contributed by atoms with E-state index in [9.17, 15) is 53.7 Å². The van der Waals surface area contributed by atoms with Crippen molar-refractivity contribution in [3.8, 4) is 0 Å². The van der Waals surface area contributed by atoms with E-state index < -0.39 is 103 Å². The van der Waals surface area contributed by atoms with Crippen LogP contribution in [0.2, 0.25) is 0 Å². The summed E-state index contributed by atoms with van der Waals surface area (Å²) in [5.74, 6) is -7.45. The third-order valence-electron chi connectivity index (χ3n) is 7.57. The molecule has 6 N–H and O–H groups in total. The number of nitrogens with one attached hydrogen (secondary N) is 3. The number of benzene rings is 1. The number of aliphatic hydroxyl groups excluding tert-OH is 1. The first-order valence-electron chi connectivity index (χ1n) is 15.7. The molecule has 6 amide bonds. The zero-order chi connectivity index (χ0) is 37.7. The van der Waals surface area contributed by atoms with Crippen LogP contribution >= 0.6 is 0 Å². The van der Waals surface area contributed by atoms with Crippen LogP contribution in [0.1, 0.15) is 52.5 Å². The Morgan fingerprint density at radius 2 is 1.52 bits per heavy atom. The van der Waals surface area contributed by atoms with Gasteiger partial charge in [-0.15, -0.1) is 5.01 Å². The molecule has 1 aromatic carbocycles. The lowest BCUT2D eigenvalue weighted by atomic mass is 9.97. The molecule has 1 aliphatic heterocycles. The van der Waals surface area contributed by atoms with Gasteiger partial charge in [-0.2, -0.15) is 0 Å². The number of imide groups is 1. The molecular formula is C31H43N5O14. The maximum absolute atomic E-state index is 13.4. The van der Waals surface area contributed by atoms with Gasteiger partial charge in [-0.3, -0.25) is 24.0 Å². The summed E-state index contributed by atoms with van der Waals surface area (Å²) in [5.41, 5.74) is 0.683. The number of nitrogens with zero attached hydrogens (tertiary/aromatic N) is 2. The van der Waals surface area contributed by atoms with Crippen molar-refractivity contribution in [2.75, 3.05) is 13.7 Å². The molecule has 50 heavy (non-hydrogen) atoms. The fraction of sp³-hybridized carbons (Fsp3) is 0.548. The highest BCUT2D eigenvalue weighted by molar-refractivity contribution is 6.01. The number of carboxylic acids is 1. The minimum Gasteiger partial charge on any atom is -0.481 e. The number of carbonyl (C=O) groups excluding carboxylic acids is 6. The third kappa shape index (κ3) is 11.7. The monoisotopic (exact) mass is 709 g/mol. The number of ether oxygens (including phenoxy) is 3. The highest BCUT2D eigenvalue weighted by atomic mass is 16.6. The van der Waals surface area contributed by atoms with Gasteiger partial charge in [0.1, 0.15) is 24.7 Å². The number of aliphatic hydroxyl groups is 1. The maximum atomic E-state index is 13.4. The Bertz CT molecular complexity index is 1410. The minimum atomic E-state index is -1.96. The summed E-state index contributed by atoms with van der Waals surface area (Å²) in [6, 6.07) is 3.91. The molecule has 276 valence electrons. The standard InChI is InChI=1S/C31H43N5O14/c1-6-16(3)21(34-30(45)49-15-18-11-9-8-10-12-18)26(41)32-19(13-14-20(38)39)25(40)33-22(17(4)37)27(42)35(5)36(31(46)47)28(43)23-24(50-23)29(44)48-7-2/h8-12,16-17,19,21-24,37H,6-7,13-15H2,1-5H3,(H,32,41)(H,33,40)(H,34,45)(H,38,39)(H,46,47)/t16-,17+,19-,21-,22-,23-,24-/m0/s1. The second-order valence-electron chi connectivity index (χ2n) is 11.3. The molecule has 1 aliphatic rings. The van der Waals surface area contributed by atoms with Crippen LogP contribution in [0.15, 0.2) is 30.3 Å². The van der Waals surface area contributed by atoms with Crippen molar-refractivity contribution in [1.82, 2.24) is 26.0 Å². The number of hydrogen-bond acceptors (Lipinski definition) is 12. The Morgan fingerprint density at radius 1 is 0.880 bits per heavy atom. The Balaban J connectivity index is 2.22. The van der Waals surface area contributed by atoms with Crippen molar-refractivity contribution in [3.63, 3.8) is 0 Å². The largest absolute Gasteiger partial charge is 0.481 e. The van der Waals surface area contributed by atoms with Crippen LogP contribution < -0.4 is 16.0 Å². The third-order valence-corrected chi connectivity index (χ3v) is 7.57. The molecule has 0 aliphatic carbocycles. The SMILES string of the molecule is CCOC(=O)[C@H]1O[C@@H]1C(=O)N(C(=O)O)N(C)C(=O)[C@@H](NC(=O)[C@H](CCC(=O)O)NC(=O)[C@@H](NC(=O)OCc1ccccc1)[C@@H](C)CC)[C@@H](C)O. The molecule has 0 saturated carbocycles. The Morgan fingerprint density at radius 3 is 2.06 bits per heavy atom. The lowest BCUT2D eigenvalue weighted by Gasteiger charge is -2.32. The number of alkyl carbamates (subject to hydrolysis) is 1. The number of carboxylic acid groups (broad SMARTS) is 2. The van der Waals surface area contributed by atoms with Gasteiger partial charge < -0.3 is 45.5 Å². The lowest BCUT2D eigenvalue weighted by molar-refractivity contribution is -0.160. The number of aliphatic carboxylic acids is 1. The van der Waals surface area contributed by atoms with Gasteiger partial charge >= 0.3 is 24.1 Å². The van der Waals surface area contributed by atoms with Crippen LogP contribution in [0.5, 0.6) is 0 Å². The van der Waals surface area contributed by atoms with Crippen LogP contribution in [0.4, 0.5) is 9.59 Å². The normalized spacial score (nSPS) is 17.7.